The summed E-state index contributed by atoms with van der Waals surface area (Å²) < 4.78 is 44.5. The van der Waals surface area contributed by atoms with Crippen molar-refractivity contribution in [2.24, 2.45) is 0 Å². The molecule has 0 aromatic rings. The first kappa shape index (κ1) is 11.2. The minimum absolute atomic E-state index is 2.12. The van der Waals surface area contributed by atoms with Crippen molar-refractivity contribution in [3.8, 4) is 0 Å². The van der Waals surface area contributed by atoms with Gasteiger partial charge in [-0.05, 0) is 31.9 Å². The van der Waals surface area contributed by atoms with Gasteiger partial charge in [-0.15, -0.1) is 0 Å². The molecule has 0 bridgehead atoms. The van der Waals surface area contributed by atoms with Crippen LogP contribution in [0.25, 0.3) is 0 Å². The van der Waals surface area contributed by atoms with Gasteiger partial charge in [0.15, 0.2) is 4.83 Å². The number of hydrogen-bond donors (Lipinski definition) is 0. The molecule has 1 atom stereocenters. The Hall–Kier alpha value is 1.16. The Balaban J connectivity index is 4.23. The van der Waals surface area contributed by atoms with Gasteiger partial charge in [0, 0.05) is 0 Å². The average molecular weight is 353 g/mol. The van der Waals surface area contributed by atoms with E-state index >= 15 is 0 Å². The summed E-state index contributed by atoms with van der Waals surface area (Å²) in [6.45, 7) is 0. The summed E-state index contributed by atoms with van der Waals surface area (Å²) in [7, 11) is 0. The summed E-state index contributed by atoms with van der Waals surface area (Å²) in [5.41, 5.74) is 0. The van der Waals surface area contributed by atoms with Gasteiger partial charge < -0.3 is 0 Å². The molecule has 0 N–H and O–H groups in total. The molecule has 0 aromatic heterocycles. The lowest BCUT2D eigenvalue weighted by Gasteiger charge is -2.19. The van der Waals surface area contributed by atoms with Crippen LogP contribution in [0.5, 0.6) is 0 Å². The van der Waals surface area contributed by atoms with Crippen LogP contribution < -0.4 is 0 Å². The van der Waals surface area contributed by atoms with Crippen molar-refractivity contribution in [2.45, 2.75) is 14.5 Å². The van der Waals surface area contributed by atoms with Crippen LogP contribution in [-0.4, -0.2) is 14.5 Å². The molecular weight excluding hydrogens is 352 g/mol. The zero-order chi connectivity index (χ0) is 8.58. The maximum atomic E-state index is 12.3. The van der Waals surface area contributed by atoms with E-state index in [1.807, 2.05) is 0 Å². The van der Waals surface area contributed by atoms with Gasteiger partial charge in [-0.3, -0.25) is 0 Å². The summed E-state index contributed by atoms with van der Waals surface area (Å²) in [6.07, 6.45) is -4.61. The molecule has 0 nitrogen and oxygen atoms in total. The molecule has 0 aliphatic rings. The Bertz CT molecular complexity index is 99.9. The third-order valence-electron chi connectivity index (χ3n) is 0.575. The topological polar surface area (TPSA) is 0 Å². The summed E-state index contributed by atoms with van der Waals surface area (Å²) >= 11 is 6.45. The number of hydrogen-bond acceptors (Lipinski definition) is 0. The van der Waals surface area contributed by atoms with Gasteiger partial charge >= 0.3 is 6.18 Å². The van der Waals surface area contributed by atoms with Crippen molar-refractivity contribution in [1.29, 1.82) is 0 Å². The van der Waals surface area contributed by atoms with Crippen molar-refractivity contribution in [2.75, 3.05) is 0 Å². The van der Waals surface area contributed by atoms with Crippen molar-refractivity contribution in [3.63, 3.8) is 0 Å². The van der Waals surface area contributed by atoms with Crippen molar-refractivity contribution in [1.82, 2.24) is 0 Å². The van der Waals surface area contributed by atoms with Crippen LogP contribution >= 0.6 is 47.8 Å². The monoisotopic (exact) mass is 350 g/mol. The van der Waals surface area contributed by atoms with E-state index < -0.39 is 14.5 Å². The third-order valence-corrected chi connectivity index (χ3v) is 3.87. The van der Waals surface area contributed by atoms with Crippen LogP contribution in [0.15, 0.2) is 0 Å². The fourth-order valence-corrected chi connectivity index (χ4v) is 0.705. The van der Waals surface area contributed by atoms with Crippen LogP contribution in [-0.2, 0) is 0 Å². The van der Waals surface area contributed by atoms with E-state index in [2.05, 4.69) is 47.8 Å². The molecule has 1 unspecified atom stereocenters. The van der Waals surface area contributed by atoms with Crippen LogP contribution in [0.2, 0.25) is 0 Å². The van der Waals surface area contributed by atoms with E-state index in [9.17, 15) is 17.6 Å². The zero-order valence-electron chi connectivity index (χ0n) is 4.22. The lowest BCUT2D eigenvalue weighted by molar-refractivity contribution is -0.133. The molecular formula is C3HBr3F4. The molecule has 0 aliphatic heterocycles. The van der Waals surface area contributed by atoms with Gasteiger partial charge in [-0.2, -0.15) is 13.2 Å². The molecule has 0 saturated carbocycles. The SMILES string of the molecule is FC(F)(F)C(Br)C(F)(Br)Br. The van der Waals surface area contributed by atoms with E-state index in [0.717, 1.165) is 0 Å². The minimum atomic E-state index is -4.61. The molecule has 7 heteroatoms. The summed E-state index contributed by atoms with van der Waals surface area (Å²) in [6, 6.07) is 0. The standard InChI is InChI=1S/C3HBr3F4/c4-1(2(5,6)7)3(8,9)10/h1H. The molecule has 0 saturated heterocycles. The molecule has 0 heterocycles. The predicted octanol–water partition coefficient (Wildman–Crippen LogP) is 3.73. The highest BCUT2D eigenvalue weighted by molar-refractivity contribution is 9.26. The van der Waals surface area contributed by atoms with E-state index in [1.165, 1.54) is 0 Å². The maximum absolute atomic E-state index is 12.3. The van der Waals surface area contributed by atoms with E-state index in [0.29, 0.717) is 0 Å². The summed E-state index contributed by atoms with van der Waals surface area (Å²) in [5.74, 6) is 0. The molecule has 10 heavy (non-hydrogen) atoms. The number of rotatable bonds is 1. The maximum Gasteiger partial charge on any atom is 0.406 e. The number of alkyl halides is 7. The Morgan fingerprint density at radius 1 is 1.00 bits per heavy atom. The zero-order valence-corrected chi connectivity index (χ0v) is 8.98. The van der Waals surface area contributed by atoms with Crippen molar-refractivity contribution in [3.05, 3.63) is 0 Å². The van der Waals surface area contributed by atoms with E-state index in [-0.39, 0.29) is 0 Å². The average Bonchev–Trinajstić information content (AvgIpc) is 1.59. The van der Waals surface area contributed by atoms with Gasteiger partial charge in [-0.25, -0.2) is 4.39 Å². The van der Waals surface area contributed by atoms with Gasteiger partial charge in [-0.1, -0.05) is 15.9 Å². The Morgan fingerprint density at radius 2 is 1.30 bits per heavy atom. The summed E-state index contributed by atoms with van der Waals surface area (Å²) in [4.78, 5) is -2.26. The number of halogens is 7. The van der Waals surface area contributed by atoms with Crippen molar-refractivity contribution >= 4 is 47.8 Å². The third kappa shape index (κ3) is 3.52. The fraction of sp³-hybridized carbons (Fsp3) is 1.00. The lowest BCUT2D eigenvalue weighted by atomic mass is 10.5. The molecule has 0 aromatic carbocycles. The van der Waals surface area contributed by atoms with Crippen LogP contribution in [0, 0.1) is 0 Å². The fourth-order valence-electron chi connectivity index (χ4n) is 0.186. The quantitative estimate of drug-likeness (QED) is 0.498. The van der Waals surface area contributed by atoms with Crippen LogP contribution in [0.1, 0.15) is 0 Å². The normalized spacial score (nSPS) is 17.1. The van der Waals surface area contributed by atoms with Crippen LogP contribution in [0.3, 0.4) is 0 Å². The largest absolute Gasteiger partial charge is 0.406 e. The molecule has 0 aliphatic carbocycles. The molecule has 0 fully saturated rings. The Morgan fingerprint density at radius 3 is 1.30 bits per heavy atom. The highest BCUT2D eigenvalue weighted by Crippen LogP contribution is 2.44. The Labute approximate surface area is 79.7 Å². The summed E-state index contributed by atoms with van der Waals surface area (Å²) in [5, 5.41) is 0. The molecule has 0 spiro atoms. The Kier molecular flexibility index (Phi) is 3.64. The minimum Gasteiger partial charge on any atom is -0.217 e. The first-order chi connectivity index (χ1) is 4.15. The van der Waals surface area contributed by atoms with Gasteiger partial charge in [0.05, 0.1) is 0 Å². The second-order valence-electron chi connectivity index (χ2n) is 1.45. The van der Waals surface area contributed by atoms with Gasteiger partial charge in [0.2, 0.25) is 3.49 Å². The first-order valence-electron chi connectivity index (χ1n) is 1.93. The predicted molar refractivity (Wildman–Crippen MR) is 40.5 cm³/mol. The highest BCUT2D eigenvalue weighted by Gasteiger charge is 2.50. The highest BCUT2D eigenvalue weighted by atomic mass is 79.9. The van der Waals surface area contributed by atoms with Crippen molar-refractivity contribution < 1.29 is 17.6 Å². The van der Waals surface area contributed by atoms with Crippen LogP contribution in [0.4, 0.5) is 17.6 Å². The molecule has 62 valence electrons. The smallest absolute Gasteiger partial charge is 0.217 e. The molecule has 0 rings (SSSR count). The van der Waals surface area contributed by atoms with E-state index in [1.54, 1.807) is 0 Å². The van der Waals surface area contributed by atoms with Gasteiger partial charge in [0.1, 0.15) is 0 Å². The molecule has 0 amide bonds. The first-order valence-corrected chi connectivity index (χ1v) is 4.43. The second kappa shape index (κ2) is 3.26. The lowest BCUT2D eigenvalue weighted by Crippen LogP contribution is -2.34. The van der Waals surface area contributed by atoms with Gasteiger partial charge in [0.25, 0.3) is 0 Å². The molecule has 0 radical (unpaired) electrons. The van der Waals surface area contributed by atoms with E-state index in [4.69, 9.17) is 0 Å². The second-order valence-corrected chi connectivity index (χ2v) is 5.73.